The Balaban J connectivity index is 1.99. The predicted octanol–water partition coefficient (Wildman–Crippen LogP) is 4.11. The quantitative estimate of drug-likeness (QED) is 0.572. The zero-order valence-corrected chi connectivity index (χ0v) is 17.7. The van der Waals surface area contributed by atoms with E-state index in [0.29, 0.717) is 22.1 Å². The van der Waals surface area contributed by atoms with Gasteiger partial charge in [0.1, 0.15) is 5.57 Å². The molecule has 0 atom stereocenters. The number of rotatable bonds is 5. The maximum absolute atomic E-state index is 13.0. The normalized spacial score (nSPS) is 15.6. The van der Waals surface area contributed by atoms with Crippen molar-refractivity contribution in [1.29, 1.82) is 0 Å². The summed E-state index contributed by atoms with van der Waals surface area (Å²) in [5.74, 6) is -0.522. The highest BCUT2D eigenvalue weighted by Gasteiger charge is 2.37. The third-order valence-corrected chi connectivity index (χ3v) is 4.78. The van der Waals surface area contributed by atoms with Crippen LogP contribution >= 0.6 is 11.6 Å². The van der Waals surface area contributed by atoms with Crippen molar-refractivity contribution in [2.75, 3.05) is 12.0 Å². The molecule has 1 heterocycles. The molecule has 3 rings (SSSR count). The Morgan fingerprint density at radius 1 is 1.07 bits per heavy atom. The van der Waals surface area contributed by atoms with E-state index in [-0.39, 0.29) is 17.4 Å². The predicted molar refractivity (Wildman–Crippen MR) is 114 cm³/mol. The highest BCUT2D eigenvalue weighted by atomic mass is 35.5. The number of anilines is 1. The van der Waals surface area contributed by atoms with Crippen molar-refractivity contribution < 1.29 is 23.9 Å². The maximum Gasteiger partial charge on any atom is 0.335 e. The molecule has 2 aromatic carbocycles. The molecule has 156 valence electrons. The number of nitrogens with zero attached hydrogens (tertiary/aromatic N) is 1. The number of nitrogens with one attached hydrogen (secondary N) is 1. The van der Waals surface area contributed by atoms with Crippen molar-refractivity contribution in [3.8, 4) is 11.5 Å². The Morgan fingerprint density at radius 2 is 1.80 bits per heavy atom. The molecule has 1 saturated heterocycles. The molecule has 1 aliphatic heterocycles. The summed E-state index contributed by atoms with van der Waals surface area (Å²) >= 11 is 6.13. The number of hydrogen-bond acceptors (Lipinski definition) is 5. The van der Waals surface area contributed by atoms with Gasteiger partial charge in [-0.25, -0.2) is 9.69 Å². The number of barbiturate groups is 1. The number of amides is 4. The summed E-state index contributed by atoms with van der Waals surface area (Å²) in [6, 6.07) is 8.98. The molecule has 4 amide bonds. The molecule has 1 N–H and O–H groups in total. The van der Waals surface area contributed by atoms with Gasteiger partial charge >= 0.3 is 6.03 Å². The third-order valence-electron chi connectivity index (χ3n) is 4.38. The average molecular weight is 429 g/mol. The Hall–Kier alpha value is -3.32. The molecule has 2 aromatic rings. The molecular weight excluding hydrogens is 408 g/mol. The Kier molecular flexibility index (Phi) is 6.12. The van der Waals surface area contributed by atoms with Gasteiger partial charge in [0.25, 0.3) is 11.8 Å². The van der Waals surface area contributed by atoms with Crippen LogP contribution < -0.4 is 19.7 Å². The van der Waals surface area contributed by atoms with Crippen LogP contribution in [0.5, 0.6) is 11.5 Å². The summed E-state index contributed by atoms with van der Waals surface area (Å²) in [7, 11) is 1.50. The number of carbonyl (C=O) groups excluding carboxylic acids is 3. The zero-order valence-electron chi connectivity index (χ0n) is 17.0. The summed E-state index contributed by atoms with van der Waals surface area (Å²) in [5, 5.41) is 2.59. The lowest BCUT2D eigenvalue weighted by Gasteiger charge is -2.26. The number of methoxy groups -OCH3 is 1. The number of aryl methyl sites for hydroxylation is 1. The first-order valence-electron chi connectivity index (χ1n) is 9.23. The van der Waals surface area contributed by atoms with Gasteiger partial charge in [-0.3, -0.25) is 14.9 Å². The van der Waals surface area contributed by atoms with Gasteiger partial charge in [-0.1, -0.05) is 23.7 Å². The summed E-state index contributed by atoms with van der Waals surface area (Å²) in [6.07, 6.45) is 1.35. The highest BCUT2D eigenvalue weighted by Crippen LogP contribution is 2.31. The van der Waals surface area contributed by atoms with Gasteiger partial charge in [0.05, 0.1) is 18.9 Å². The number of carbonyl (C=O) groups is 3. The highest BCUT2D eigenvalue weighted by molar-refractivity contribution is 6.39. The number of ether oxygens (including phenoxy) is 2. The zero-order chi connectivity index (χ0) is 22.0. The van der Waals surface area contributed by atoms with Crippen LogP contribution in [0, 0.1) is 6.92 Å². The van der Waals surface area contributed by atoms with E-state index < -0.39 is 17.8 Å². The molecule has 0 aromatic heterocycles. The lowest BCUT2D eigenvalue weighted by Crippen LogP contribution is -2.54. The van der Waals surface area contributed by atoms with Crippen molar-refractivity contribution >= 4 is 41.2 Å². The maximum atomic E-state index is 13.0. The fourth-order valence-electron chi connectivity index (χ4n) is 2.90. The van der Waals surface area contributed by atoms with Gasteiger partial charge in [0.2, 0.25) is 0 Å². The molecule has 0 unspecified atom stereocenters. The SMILES string of the molecule is COc1cc(/C=C2\C(=O)NC(=O)N(c3ccc(C)c(Cl)c3)C2=O)ccc1OC(C)C. The van der Waals surface area contributed by atoms with Gasteiger partial charge in [0, 0.05) is 5.02 Å². The van der Waals surface area contributed by atoms with Crippen molar-refractivity contribution in [3.05, 3.63) is 58.1 Å². The van der Waals surface area contributed by atoms with Crippen LogP contribution in [0.4, 0.5) is 10.5 Å². The number of halogens is 1. The van der Waals surface area contributed by atoms with Crippen LogP contribution in [0.2, 0.25) is 5.02 Å². The summed E-state index contributed by atoms with van der Waals surface area (Å²) < 4.78 is 11.0. The van der Waals surface area contributed by atoms with E-state index in [2.05, 4.69) is 5.32 Å². The van der Waals surface area contributed by atoms with Crippen molar-refractivity contribution in [1.82, 2.24) is 5.32 Å². The molecule has 0 radical (unpaired) electrons. The Morgan fingerprint density at radius 3 is 2.43 bits per heavy atom. The van der Waals surface area contributed by atoms with Gasteiger partial charge in [-0.15, -0.1) is 0 Å². The lowest BCUT2D eigenvalue weighted by molar-refractivity contribution is -0.122. The van der Waals surface area contributed by atoms with Crippen molar-refractivity contribution in [2.24, 2.45) is 0 Å². The largest absolute Gasteiger partial charge is 0.493 e. The van der Waals surface area contributed by atoms with E-state index in [9.17, 15) is 14.4 Å². The molecule has 0 bridgehead atoms. The fraction of sp³-hybridized carbons (Fsp3) is 0.227. The molecule has 0 saturated carbocycles. The Labute approximate surface area is 179 Å². The van der Waals surface area contributed by atoms with E-state index in [1.807, 2.05) is 13.8 Å². The van der Waals surface area contributed by atoms with Crippen molar-refractivity contribution in [2.45, 2.75) is 26.9 Å². The van der Waals surface area contributed by atoms with Crippen LogP contribution in [0.3, 0.4) is 0 Å². The minimum absolute atomic E-state index is 0.0466. The van der Waals surface area contributed by atoms with Gasteiger partial charge in [-0.2, -0.15) is 0 Å². The standard InChI is InChI=1S/C22H21ClN2O5/c1-12(2)30-18-8-6-14(10-19(18)29-4)9-16-20(26)24-22(28)25(21(16)27)15-7-5-13(3)17(23)11-15/h5-12H,1-4H3,(H,24,26,28)/b16-9+. The molecule has 1 aliphatic rings. The van der Waals surface area contributed by atoms with E-state index in [1.54, 1.807) is 37.3 Å². The van der Waals surface area contributed by atoms with E-state index in [4.69, 9.17) is 21.1 Å². The lowest BCUT2D eigenvalue weighted by atomic mass is 10.1. The van der Waals surface area contributed by atoms with Gasteiger partial charge in [0.15, 0.2) is 11.5 Å². The first-order chi connectivity index (χ1) is 14.2. The smallest absolute Gasteiger partial charge is 0.335 e. The van der Waals surface area contributed by atoms with E-state index in [0.717, 1.165) is 10.5 Å². The Bertz CT molecular complexity index is 1060. The molecular formula is C22H21ClN2O5. The van der Waals surface area contributed by atoms with E-state index in [1.165, 1.54) is 19.3 Å². The second-order valence-corrected chi connectivity index (χ2v) is 7.38. The molecule has 30 heavy (non-hydrogen) atoms. The number of imide groups is 2. The molecule has 0 spiro atoms. The average Bonchev–Trinajstić information content (AvgIpc) is 2.68. The number of hydrogen-bond donors (Lipinski definition) is 1. The van der Waals surface area contributed by atoms with Crippen LogP contribution in [-0.4, -0.2) is 31.1 Å². The molecule has 7 nitrogen and oxygen atoms in total. The van der Waals surface area contributed by atoms with Crippen LogP contribution in [-0.2, 0) is 9.59 Å². The topological polar surface area (TPSA) is 84.9 Å². The van der Waals surface area contributed by atoms with E-state index >= 15 is 0 Å². The van der Waals surface area contributed by atoms with Gasteiger partial charge < -0.3 is 9.47 Å². The molecule has 8 heteroatoms. The third kappa shape index (κ3) is 4.31. The monoisotopic (exact) mass is 428 g/mol. The second-order valence-electron chi connectivity index (χ2n) is 6.97. The number of benzene rings is 2. The second kappa shape index (κ2) is 8.59. The minimum Gasteiger partial charge on any atom is -0.493 e. The summed E-state index contributed by atoms with van der Waals surface area (Å²) in [4.78, 5) is 38.6. The fourth-order valence-corrected chi connectivity index (χ4v) is 3.08. The summed E-state index contributed by atoms with van der Waals surface area (Å²) in [6.45, 7) is 5.59. The first kappa shape index (κ1) is 21.4. The summed E-state index contributed by atoms with van der Waals surface area (Å²) in [5.41, 5.74) is 1.42. The number of urea groups is 1. The van der Waals surface area contributed by atoms with Gasteiger partial charge in [-0.05, 0) is 62.2 Å². The molecule has 0 aliphatic carbocycles. The van der Waals surface area contributed by atoms with Crippen LogP contribution in [0.1, 0.15) is 25.0 Å². The minimum atomic E-state index is -0.833. The van der Waals surface area contributed by atoms with Crippen LogP contribution in [0.15, 0.2) is 42.0 Å². The van der Waals surface area contributed by atoms with Crippen molar-refractivity contribution in [3.63, 3.8) is 0 Å². The van der Waals surface area contributed by atoms with Crippen LogP contribution in [0.25, 0.3) is 6.08 Å². The molecule has 1 fully saturated rings. The first-order valence-corrected chi connectivity index (χ1v) is 9.61.